The van der Waals surface area contributed by atoms with Crippen molar-refractivity contribution < 1.29 is 14.7 Å². The molecule has 1 aliphatic carbocycles. The van der Waals surface area contributed by atoms with Crippen LogP contribution in [-0.4, -0.2) is 60.0 Å². The van der Waals surface area contributed by atoms with Crippen molar-refractivity contribution in [2.45, 2.75) is 44.6 Å². The molecule has 0 unspecified atom stereocenters. The molecule has 18 heavy (non-hydrogen) atoms. The zero-order chi connectivity index (χ0) is 13.5. The molecule has 0 saturated heterocycles. The van der Waals surface area contributed by atoms with E-state index in [1.807, 2.05) is 23.9 Å². The van der Waals surface area contributed by atoms with Crippen molar-refractivity contribution in [2.75, 3.05) is 27.2 Å². The van der Waals surface area contributed by atoms with E-state index < -0.39 is 5.97 Å². The Hall–Kier alpha value is -1.10. The summed E-state index contributed by atoms with van der Waals surface area (Å²) in [6.45, 7) is 1.53. The standard InChI is InChI=1S/C13H24N2O3/c1-14(2)9-10-15(11-5-3-4-6-11)12(16)7-8-13(17)18/h11H,3-10H2,1-2H3,(H,17,18). The summed E-state index contributed by atoms with van der Waals surface area (Å²) in [7, 11) is 3.96. The van der Waals surface area contributed by atoms with Gasteiger partial charge in [0, 0.05) is 25.6 Å². The van der Waals surface area contributed by atoms with Gasteiger partial charge >= 0.3 is 5.97 Å². The molecule has 0 aromatic rings. The van der Waals surface area contributed by atoms with E-state index in [9.17, 15) is 9.59 Å². The maximum Gasteiger partial charge on any atom is 0.303 e. The van der Waals surface area contributed by atoms with Crippen LogP contribution >= 0.6 is 0 Å². The fourth-order valence-corrected chi connectivity index (χ4v) is 2.39. The number of carboxylic acids is 1. The van der Waals surface area contributed by atoms with E-state index in [4.69, 9.17) is 5.11 Å². The van der Waals surface area contributed by atoms with Crippen molar-refractivity contribution in [1.82, 2.24) is 9.80 Å². The van der Waals surface area contributed by atoms with Crippen LogP contribution in [0.4, 0.5) is 0 Å². The van der Waals surface area contributed by atoms with E-state index in [1.165, 1.54) is 12.8 Å². The van der Waals surface area contributed by atoms with Gasteiger partial charge < -0.3 is 14.9 Å². The molecule has 0 aromatic heterocycles. The van der Waals surface area contributed by atoms with Crippen LogP contribution in [0.5, 0.6) is 0 Å². The Morgan fingerprint density at radius 2 is 1.72 bits per heavy atom. The fraction of sp³-hybridized carbons (Fsp3) is 0.846. The van der Waals surface area contributed by atoms with Gasteiger partial charge in [-0.05, 0) is 26.9 Å². The zero-order valence-corrected chi connectivity index (χ0v) is 11.4. The highest BCUT2D eigenvalue weighted by Gasteiger charge is 2.26. The summed E-state index contributed by atoms with van der Waals surface area (Å²) >= 11 is 0. The highest BCUT2D eigenvalue weighted by Crippen LogP contribution is 2.24. The van der Waals surface area contributed by atoms with E-state index >= 15 is 0 Å². The first kappa shape index (κ1) is 15.0. The van der Waals surface area contributed by atoms with Crippen molar-refractivity contribution in [3.05, 3.63) is 0 Å². The SMILES string of the molecule is CN(C)CCN(C(=O)CCC(=O)O)C1CCCC1. The third-order valence-electron chi connectivity index (χ3n) is 3.43. The highest BCUT2D eigenvalue weighted by molar-refractivity contribution is 5.81. The first-order valence-corrected chi connectivity index (χ1v) is 6.66. The van der Waals surface area contributed by atoms with E-state index in [0.29, 0.717) is 12.6 Å². The summed E-state index contributed by atoms with van der Waals surface area (Å²) in [5, 5.41) is 8.65. The van der Waals surface area contributed by atoms with E-state index in [2.05, 4.69) is 0 Å². The molecule has 1 rings (SSSR count). The minimum Gasteiger partial charge on any atom is -0.481 e. The van der Waals surface area contributed by atoms with Crippen LogP contribution in [0.3, 0.4) is 0 Å². The molecular weight excluding hydrogens is 232 g/mol. The zero-order valence-electron chi connectivity index (χ0n) is 11.4. The number of carboxylic acid groups (broad SMARTS) is 1. The Bertz CT molecular complexity index is 286. The molecular formula is C13H24N2O3. The molecule has 1 fully saturated rings. The molecule has 0 heterocycles. The first-order valence-electron chi connectivity index (χ1n) is 6.66. The van der Waals surface area contributed by atoms with Gasteiger partial charge in [0.25, 0.3) is 0 Å². The maximum atomic E-state index is 12.1. The van der Waals surface area contributed by atoms with Gasteiger partial charge in [-0.1, -0.05) is 12.8 Å². The number of aliphatic carboxylic acids is 1. The number of carbonyl (C=O) groups is 2. The average molecular weight is 256 g/mol. The lowest BCUT2D eigenvalue weighted by molar-refractivity contribution is -0.141. The summed E-state index contributed by atoms with van der Waals surface area (Å²) in [5.74, 6) is -0.909. The van der Waals surface area contributed by atoms with E-state index in [1.54, 1.807) is 0 Å². The Balaban J connectivity index is 2.51. The van der Waals surface area contributed by atoms with Gasteiger partial charge in [0.2, 0.25) is 5.91 Å². The average Bonchev–Trinajstić information content (AvgIpc) is 2.79. The second-order valence-electron chi connectivity index (χ2n) is 5.22. The van der Waals surface area contributed by atoms with Gasteiger partial charge in [0.15, 0.2) is 0 Å². The molecule has 1 amide bonds. The summed E-state index contributed by atoms with van der Waals surface area (Å²) in [5.41, 5.74) is 0. The number of amides is 1. The fourth-order valence-electron chi connectivity index (χ4n) is 2.39. The van der Waals surface area contributed by atoms with Crippen molar-refractivity contribution >= 4 is 11.9 Å². The Kier molecular flexibility index (Phi) is 6.12. The molecule has 0 spiro atoms. The van der Waals surface area contributed by atoms with E-state index in [0.717, 1.165) is 19.4 Å². The normalized spacial score (nSPS) is 16.2. The number of hydrogen-bond acceptors (Lipinski definition) is 3. The summed E-state index contributed by atoms with van der Waals surface area (Å²) in [6, 6.07) is 0.325. The van der Waals surface area contributed by atoms with Crippen LogP contribution in [0.25, 0.3) is 0 Å². The van der Waals surface area contributed by atoms with Crippen LogP contribution in [-0.2, 0) is 9.59 Å². The third-order valence-corrected chi connectivity index (χ3v) is 3.43. The molecule has 0 atom stereocenters. The van der Waals surface area contributed by atoms with Gasteiger partial charge in [-0.3, -0.25) is 9.59 Å². The van der Waals surface area contributed by atoms with Crippen molar-refractivity contribution in [3.63, 3.8) is 0 Å². The van der Waals surface area contributed by atoms with Gasteiger partial charge in [0.05, 0.1) is 6.42 Å². The van der Waals surface area contributed by atoms with Crippen LogP contribution in [0.15, 0.2) is 0 Å². The van der Waals surface area contributed by atoms with Crippen LogP contribution < -0.4 is 0 Å². The molecule has 5 nitrogen and oxygen atoms in total. The van der Waals surface area contributed by atoms with Crippen LogP contribution in [0, 0.1) is 0 Å². The molecule has 5 heteroatoms. The summed E-state index contributed by atoms with van der Waals surface area (Å²) < 4.78 is 0. The number of carbonyl (C=O) groups excluding carboxylic acids is 1. The third kappa shape index (κ3) is 5.04. The largest absolute Gasteiger partial charge is 0.481 e. The molecule has 0 radical (unpaired) electrons. The molecule has 104 valence electrons. The van der Waals surface area contributed by atoms with Gasteiger partial charge in [-0.25, -0.2) is 0 Å². The number of hydrogen-bond donors (Lipinski definition) is 1. The first-order chi connectivity index (χ1) is 8.50. The second kappa shape index (κ2) is 7.36. The predicted molar refractivity (Wildman–Crippen MR) is 69.4 cm³/mol. The Labute approximate surface area is 109 Å². The van der Waals surface area contributed by atoms with Crippen molar-refractivity contribution in [1.29, 1.82) is 0 Å². The number of nitrogens with zero attached hydrogens (tertiary/aromatic N) is 2. The van der Waals surface area contributed by atoms with Gasteiger partial charge in [0.1, 0.15) is 0 Å². The highest BCUT2D eigenvalue weighted by atomic mass is 16.4. The molecule has 0 bridgehead atoms. The Morgan fingerprint density at radius 3 is 2.22 bits per heavy atom. The van der Waals surface area contributed by atoms with Gasteiger partial charge in [-0.15, -0.1) is 0 Å². The van der Waals surface area contributed by atoms with Crippen LogP contribution in [0.1, 0.15) is 38.5 Å². The molecule has 1 N–H and O–H groups in total. The minimum absolute atomic E-state index is 0.00819. The molecule has 1 aliphatic rings. The topological polar surface area (TPSA) is 60.9 Å². The van der Waals surface area contributed by atoms with Gasteiger partial charge in [-0.2, -0.15) is 0 Å². The maximum absolute atomic E-state index is 12.1. The van der Waals surface area contributed by atoms with Crippen molar-refractivity contribution in [2.24, 2.45) is 0 Å². The van der Waals surface area contributed by atoms with Crippen LogP contribution in [0.2, 0.25) is 0 Å². The minimum atomic E-state index is -0.901. The van der Waals surface area contributed by atoms with E-state index in [-0.39, 0.29) is 18.7 Å². The second-order valence-corrected chi connectivity index (χ2v) is 5.22. The number of rotatable bonds is 7. The molecule has 0 aliphatic heterocycles. The monoisotopic (exact) mass is 256 g/mol. The summed E-state index contributed by atoms with van der Waals surface area (Å²) in [6.07, 6.45) is 4.53. The smallest absolute Gasteiger partial charge is 0.303 e. The van der Waals surface area contributed by atoms with Crippen molar-refractivity contribution in [3.8, 4) is 0 Å². The predicted octanol–water partition coefficient (Wildman–Crippen LogP) is 1.18. The molecule has 1 saturated carbocycles. The summed E-state index contributed by atoms with van der Waals surface area (Å²) in [4.78, 5) is 26.6. The Morgan fingerprint density at radius 1 is 1.11 bits per heavy atom. The lowest BCUT2D eigenvalue weighted by Gasteiger charge is -2.30. The lowest BCUT2D eigenvalue weighted by Crippen LogP contribution is -2.42. The lowest BCUT2D eigenvalue weighted by atomic mass is 10.1. The quantitative estimate of drug-likeness (QED) is 0.743. The number of likely N-dealkylation sites (N-methyl/N-ethyl adjacent to an activating group) is 1. The molecule has 0 aromatic carbocycles.